The number of fused-ring (bicyclic) bond motifs is 1. The van der Waals surface area contributed by atoms with Gasteiger partial charge in [0.2, 0.25) is 0 Å². The monoisotopic (exact) mass is 489 g/mol. The Bertz CT molecular complexity index is 1000. The van der Waals surface area contributed by atoms with Crippen molar-refractivity contribution in [3.63, 3.8) is 0 Å². The Morgan fingerprint density at radius 1 is 1.17 bits per heavy atom. The van der Waals surface area contributed by atoms with Gasteiger partial charge in [0.15, 0.2) is 23.6 Å². The summed E-state index contributed by atoms with van der Waals surface area (Å²) in [7, 11) is -12.9. The summed E-state index contributed by atoms with van der Waals surface area (Å²) in [5, 5.41) is 20.5. The lowest BCUT2D eigenvalue weighted by molar-refractivity contribution is -0.0483. The van der Waals surface area contributed by atoms with E-state index in [9.17, 15) is 29.1 Å². The Kier molecular flexibility index (Phi) is 6.90. The van der Waals surface area contributed by atoms with Gasteiger partial charge in [0, 0.05) is 0 Å². The predicted octanol–water partition coefficient (Wildman–Crippen LogP) is -1.40. The van der Waals surface area contributed by atoms with Gasteiger partial charge in [-0.2, -0.15) is 0 Å². The van der Waals surface area contributed by atoms with E-state index in [4.69, 9.17) is 24.8 Å². The molecule has 3 heterocycles. The molecule has 2 aromatic heterocycles. The van der Waals surface area contributed by atoms with Gasteiger partial charge in [0.05, 0.1) is 12.9 Å². The number of aliphatic hydroxyl groups is 2. The number of imidazole rings is 1. The van der Waals surface area contributed by atoms with Gasteiger partial charge in [-0.05, 0) is 0 Å². The molecule has 0 aromatic carbocycles. The van der Waals surface area contributed by atoms with Gasteiger partial charge < -0.3 is 44.8 Å². The third kappa shape index (κ3) is 5.19. The number of rotatable bonds is 8. The number of nitrogens with two attached hydrogens (primary N) is 1. The summed E-state index contributed by atoms with van der Waals surface area (Å²) in [6.45, 7) is -0.751. The zero-order chi connectivity index (χ0) is 22.3. The summed E-state index contributed by atoms with van der Waals surface area (Å²) >= 11 is 0. The Morgan fingerprint density at radius 2 is 1.87 bits per heavy atom. The summed E-state index contributed by atoms with van der Waals surface area (Å²) in [6, 6.07) is 0. The van der Waals surface area contributed by atoms with E-state index < -0.39 is 60.8 Å². The number of nitrogens with zero attached hydrogens (tertiary/aromatic N) is 4. The summed E-state index contributed by atoms with van der Waals surface area (Å²) < 4.78 is 39.0. The van der Waals surface area contributed by atoms with E-state index in [2.05, 4.69) is 19.3 Å². The average molecular weight is 489 g/mol. The van der Waals surface area contributed by atoms with E-state index >= 15 is 0 Å². The van der Waals surface area contributed by atoms with Gasteiger partial charge in [-0.25, -0.2) is 19.3 Å². The van der Waals surface area contributed by atoms with Gasteiger partial charge in [-0.3, -0.25) is 13.7 Å². The fourth-order valence-corrected chi connectivity index (χ4v) is 6.85. The van der Waals surface area contributed by atoms with Crippen LogP contribution >= 0.6 is 23.8 Å². The highest BCUT2D eigenvalue weighted by molar-refractivity contribution is 7.73. The van der Waals surface area contributed by atoms with Crippen molar-refractivity contribution in [2.24, 2.45) is 0 Å². The lowest BCUT2D eigenvalue weighted by atomic mass is 10.1. The minimum atomic E-state index is -4.84. The van der Waals surface area contributed by atoms with Crippen molar-refractivity contribution in [1.82, 2.24) is 19.5 Å². The molecule has 2 aromatic rings. The van der Waals surface area contributed by atoms with Crippen molar-refractivity contribution >= 4 is 40.8 Å². The standard InChI is InChI=1S/C11H18N5O11P3/c12-9-6-10(14-2-13-9)16(3-15-6)11-8(18)7(17)5(26-11)1-25-29(21,22)4-30(23,24)27-28(19)20/h2-3,5,7-8,11,17-20H,1,4H2,(H,21,22)(H,23,24)(H2,12,13,14)/t5-,7-,8-,11-/m1/s1. The fraction of sp³-hybridized carbons (Fsp3) is 0.545. The van der Waals surface area contributed by atoms with Crippen LogP contribution in [0.4, 0.5) is 5.82 Å². The van der Waals surface area contributed by atoms with Crippen LogP contribution in [0.25, 0.3) is 11.2 Å². The van der Waals surface area contributed by atoms with Crippen molar-refractivity contribution in [3.8, 4) is 0 Å². The lowest BCUT2D eigenvalue weighted by Gasteiger charge is -2.19. The minimum Gasteiger partial charge on any atom is -0.387 e. The SMILES string of the molecule is Nc1ncnc2c1ncn2[C@@H]1O[C@H](COP(=O)(O)CP(=O)(O)OP(O)O)[C@@H](O)[C@H]1O. The van der Waals surface area contributed by atoms with E-state index in [-0.39, 0.29) is 17.0 Å². The number of aliphatic hydroxyl groups excluding tert-OH is 2. The molecule has 3 rings (SSSR count). The van der Waals surface area contributed by atoms with Crippen LogP contribution in [-0.4, -0.2) is 80.1 Å². The zero-order valence-corrected chi connectivity index (χ0v) is 17.5. The third-order valence-electron chi connectivity index (χ3n) is 4.00. The minimum absolute atomic E-state index is 0.0814. The first kappa shape index (κ1) is 23.5. The summed E-state index contributed by atoms with van der Waals surface area (Å²) in [4.78, 5) is 48.1. The molecular formula is C11H18N5O11P3. The first-order valence-electron chi connectivity index (χ1n) is 8.00. The predicted molar refractivity (Wildman–Crippen MR) is 98.6 cm³/mol. The van der Waals surface area contributed by atoms with Gasteiger partial charge in [-0.1, -0.05) is 0 Å². The first-order chi connectivity index (χ1) is 13.9. The normalized spacial score (nSPS) is 28.6. The number of hydrogen-bond acceptors (Lipinski definition) is 13. The van der Waals surface area contributed by atoms with Crippen LogP contribution in [0, 0.1) is 0 Å². The highest BCUT2D eigenvalue weighted by Gasteiger charge is 2.46. The number of ether oxygens (including phenoxy) is 1. The number of hydrogen-bond donors (Lipinski definition) is 7. The molecule has 2 unspecified atom stereocenters. The second-order valence-corrected chi connectivity index (χ2v) is 11.3. The smallest absolute Gasteiger partial charge is 0.346 e. The quantitative estimate of drug-likeness (QED) is 0.211. The molecule has 0 spiro atoms. The maximum atomic E-state index is 12.0. The van der Waals surface area contributed by atoms with Crippen LogP contribution in [0.5, 0.6) is 0 Å². The number of aromatic nitrogens is 4. The maximum Gasteiger partial charge on any atom is 0.346 e. The van der Waals surface area contributed by atoms with Crippen LogP contribution in [0.1, 0.15) is 6.23 Å². The molecule has 6 atom stereocenters. The molecule has 0 radical (unpaired) electrons. The Balaban J connectivity index is 1.69. The van der Waals surface area contributed by atoms with Crippen LogP contribution in [-0.2, 0) is 22.7 Å². The summed E-state index contributed by atoms with van der Waals surface area (Å²) in [6.07, 6.45) is -3.18. The Hall–Kier alpha value is -1.12. The molecule has 1 aliphatic rings. The number of anilines is 1. The van der Waals surface area contributed by atoms with Crippen molar-refractivity contribution in [3.05, 3.63) is 12.7 Å². The Morgan fingerprint density at radius 3 is 2.53 bits per heavy atom. The average Bonchev–Trinajstić information content (AvgIpc) is 3.14. The Labute approximate surface area is 169 Å². The first-order valence-corrected chi connectivity index (χ1v) is 12.7. The van der Waals surface area contributed by atoms with Gasteiger partial charge >= 0.3 is 23.8 Å². The lowest BCUT2D eigenvalue weighted by Crippen LogP contribution is -2.33. The molecule has 0 aliphatic carbocycles. The van der Waals surface area contributed by atoms with E-state index in [1.807, 2.05) is 0 Å². The van der Waals surface area contributed by atoms with Crippen LogP contribution in [0.15, 0.2) is 12.7 Å². The zero-order valence-electron chi connectivity index (χ0n) is 14.8. The largest absolute Gasteiger partial charge is 0.387 e. The second kappa shape index (κ2) is 8.79. The maximum absolute atomic E-state index is 12.0. The molecule has 1 fully saturated rings. The van der Waals surface area contributed by atoms with Crippen molar-refractivity contribution < 1.29 is 52.5 Å². The van der Waals surface area contributed by atoms with Crippen molar-refractivity contribution in [1.29, 1.82) is 0 Å². The molecule has 19 heteroatoms. The van der Waals surface area contributed by atoms with Crippen molar-refractivity contribution in [2.45, 2.75) is 24.5 Å². The van der Waals surface area contributed by atoms with E-state index in [1.54, 1.807) is 0 Å². The van der Waals surface area contributed by atoms with Crippen LogP contribution in [0.2, 0.25) is 0 Å². The fourth-order valence-electron chi connectivity index (χ4n) is 2.75. The summed E-state index contributed by atoms with van der Waals surface area (Å²) in [5.74, 6) is -1.35. The van der Waals surface area contributed by atoms with Crippen molar-refractivity contribution in [2.75, 3.05) is 18.2 Å². The second-order valence-electron chi connectivity index (χ2n) is 6.18. The molecule has 168 valence electrons. The molecule has 0 bridgehead atoms. The van der Waals surface area contributed by atoms with E-state index in [0.717, 1.165) is 6.33 Å². The molecule has 1 aliphatic heterocycles. The topological polar surface area (TPSA) is 253 Å². The molecule has 30 heavy (non-hydrogen) atoms. The van der Waals surface area contributed by atoms with Gasteiger partial charge in [-0.15, -0.1) is 0 Å². The van der Waals surface area contributed by atoms with E-state index in [0.29, 0.717) is 0 Å². The molecule has 8 N–H and O–H groups in total. The van der Waals surface area contributed by atoms with Gasteiger partial charge in [0.1, 0.15) is 30.2 Å². The number of nitrogen functional groups attached to an aromatic ring is 1. The third-order valence-corrected chi connectivity index (χ3v) is 9.01. The molecule has 0 saturated carbocycles. The van der Waals surface area contributed by atoms with Crippen LogP contribution in [0.3, 0.4) is 0 Å². The molecule has 1 saturated heterocycles. The van der Waals surface area contributed by atoms with Crippen LogP contribution < -0.4 is 5.73 Å². The molecule has 0 amide bonds. The van der Waals surface area contributed by atoms with Gasteiger partial charge in [0.25, 0.3) is 0 Å². The highest BCUT2D eigenvalue weighted by Crippen LogP contribution is 2.62. The highest BCUT2D eigenvalue weighted by atomic mass is 31.3. The van der Waals surface area contributed by atoms with E-state index in [1.165, 1.54) is 10.9 Å². The molecule has 16 nitrogen and oxygen atoms in total. The summed E-state index contributed by atoms with van der Waals surface area (Å²) in [5.41, 5.74) is 6.13. The molecular weight excluding hydrogens is 471 g/mol.